The van der Waals surface area contributed by atoms with Crippen LogP contribution < -0.4 is 10.2 Å². The topological polar surface area (TPSA) is 67.8 Å². The summed E-state index contributed by atoms with van der Waals surface area (Å²) in [5, 5.41) is 6.09. The molecule has 1 amide bonds. The highest BCUT2D eigenvalue weighted by Crippen LogP contribution is 2.15. The second kappa shape index (κ2) is 5.65. The molecule has 0 atom stereocenters. The summed E-state index contributed by atoms with van der Waals surface area (Å²) >= 11 is 0. The Morgan fingerprint density at radius 2 is 1.88 bits per heavy atom. The van der Waals surface area contributed by atoms with E-state index in [1.54, 1.807) is 24.3 Å². The van der Waals surface area contributed by atoms with Gasteiger partial charge in [-0.1, -0.05) is 5.16 Å². The van der Waals surface area contributed by atoms with Gasteiger partial charge in [-0.2, -0.15) is 0 Å². The number of rotatable bonds is 4. The standard InChI is InChI=1S/C11H12N2O3/c1-8(14)7-12-16-11-5-3-10(4-6-11)13-9(2)15/h3-7H,1-2H3,(H,13,15). The number of Topliss-reactive ketones (excluding diaryl/α,β-unsaturated/α-hetero) is 1. The predicted molar refractivity (Wildman–Crippen MR) is 60.5 cm³/mol. The molecule has 0 fully saturated rings. The molecule has 0 aliphatic rings. The van der Waals surface area contributed by atoms with Gasteiger partial charge in [0.15, 0.2) is 11.5 Å². The first-order valence-electron chi connectivity index (χ1n) is 4.66. The SMILES string of the molecule is CC(=O)C=NOc1ccc(NC(C)=O)cc1. The van der Waals surface area contributed by atoms with E-state index < -0.39 is 0 Å². The minimum atomic E-state index is -0.185. The molecule has 0 heterocycles. The van der Waals surface area contributed by atoms with Crippen molar-refractivity contribution < 1.29 is 14.4 Å². The summed E-state index contributed by atoms with van der Waals surface area (Å²) in [7, 11) is 0. The number of anilines is 1. The van der Waals surface area contributed by atoms with Gasteiger partial charge >= 0.3 is 0 Å². The lowest BCUT2D eigenvalue weighted by Gasteiger charge is -2.02. The molecule has 0 spiro atoms. The lowest BCUT2D eigenvalue weighted by atomic mass is 10.3. The van der Waals surface area contributed by atoms with Crippen molar-refractivity contribution in [2.75, 3.05) is 5.32 Å². The quantitative estimate of drug-likeness (QED) is 0.619. The lowest BCUT2D eigenvalue weighted by molar-refractivity contribution is -0.114. The highest BCUT2D eigenvalue weighted by Gasteiger charge is 1.96. The molecule has 0 radical (unpaired) electrons. The fourth-order valence-electron chi connectivity index (χ4n) is 0.964. The van der Waals surface area contributed by atoms with Gasteiger partial charge in [-0.3, -0.25) is 9.59 Å². The maximum Gasteiger partial charge on any atom is 0.221 e. The molecule has 0 aromatic heterocycles. The van der Waals surface area contributed by atoms with Crippen LogP contribution in [0.3, 0.4) is 0 Å². The molecular formula is C11H12N2O3. The van der Waals surface area contributed by atoms with Gasteiger partial charge in [-0.25, -0.2) is 0 Å². The number of hydrogen-bond donors (Lipinski definition) is 1. The largest absolute Gasteiger partial charge is 0.357 e. The van der Waals surface area contributed by atoms with Crippen molar-refractivity contribution in [3.63, 3.8) is 0 Å². The van der Waals surface area contributed by atoms with Crippen molar-refractivity contribution in [2.45, 2.75) is 13.8 Å². The van der Waals surface area contributed by atoms with E-state index in [1.807, 2.05) is 0 Å². The fourth-order valence-corrected chi connectivity index (χ4v) is 0.964. The Hall–Kier alpha value is -2.17. The van der Waals surface area contributed by atoms with Gasteiger partial charge in [0.25, 0.3) is 0 Å². The molecule has 0 bridgehead atoms. The molecule has 1 rings (SSSR count). The van der Waals surface area contributed by atoms with Crippen molar-refractivity contribution in [1.82, 2.24) is 0 Å². The first-order chi connectivity index (χ1) is 7.58. The summed E-state index contributed by atoms with van der Waals surface area (Å²) in [5.74, 6) is 0.171. The number of carbonyl (C=O) groups is 2. The van der Waals surface area contributed by atoms with Crippen LogP contribution in [-0.2, 0) is 9.59 Å². The van der Waals surface area contributed by atoms with E-state index >= 15 is 0 Å². The zero-order chi connectivity index (χ0) is 12.0. The predicted octanol–water partition coefficient (Wildman–Crippen LogP) is 1.60. The van der Waals surface area contributed by atoms with Crippen LogP contribution in [0.25, 0.3) is 0 Å². The summed E-state index contributed by atoms with van der Waals surface area (Å²) in [4.78, 5) is 26.2. The second-order valence-electron chi connectivity index (χ2n) is 3.14. The van der Waals surface area contributed by atoms with Gasteiger partial charge in [0.2, 0.25) is 5.91 Å². The summed E-state index contributed by atoms with van der Waals surface area (Å²) in [6, 6.07) is 6.64. The number of benzene rings is 1. The zero-order valence-electron chi connectivity index (χ0n) is 9.06. The highest BCUT2D eigenvalue weighted by atomic mass is 16.6. The maximum atomic E-state index is 10.7. The van der Waals surface area contributed by atoms with E-state index in [9.17, 15) is 9.59 Å². The average molecular weight is 220 g/mol. The van der Waals surface area contributed by atoms with Crippen molar-refractivity contribution in [3.05, 3.63) is 24.3 Å². The number of amides is 1. The van der Waals surface area contributed by atoms with E-state index in [0.717, 1.165) is 6.21 Å². The molecule has 1 aromatic carbocycles. The lowest BCUT2D eigenvalue weighted by Crippen LogP contribution is -2.05. The van der Waals surface area contributed by atoms with Crippen LogP contribution in [0.5, 0.6) is 5.75 Å². The van der Waals surface area contributed by atoms with Gasteiger partial charge in [0.05, 0.1) is 0 Å². The molecule has 0 saturated heterocycles. The van der Waals surface area contributed by atoms with Crippen LogP contribution >= 0.6 is 0 Å². The molecule has 1 N–H and O–H groups in total. The molecule has 5 nitrogen and oxygen atoms in total. The Morgan fingerprint density at radius 3 is 2.38 bits per heavy atom. The third kappa shape index (κ3) is 4.36. The number of carbonyl (C=O) groups excluding carboxylic acids is 2. The van der Waals surface area contributed by atoms with E-state index in [-0.39, 0.29) is 11.7 Å². The second-order valence-corrected chi connectivity index (χ2v) is 3.14. The van der Waals surface area contributed by atoms with Crippen LogP contribution in [-0.4, -0.2) is 17.9 Å². The molecule has 84 valence electrons. The minimum Gasteiger partial charge on any atom is -0.357 e. The van der Waals surface area contributed by atoms with Crippen LogP contribution in [0.4, 0.5) is 5.69 Å². The molecule has 0 unspecified atom stereocenters. The maximum absolute atomic E-state index is 10.7. The van der Waals surface area contributed by atoms with Gasteiger partial charge in [-0.05, 0) is 24.3 Å². The zero-order valence-corrected chi connectivity index (χ0v) is 9.06. The Kier molecular flexibility index (Phi) is 4.20. The Balaban J connectivity index is 2.57. The number of nitrogens with one attached hydrogen (secondary N) is 1. The summed E-state index contributed by atoms with van der Waals surface area (Å²) in [5.41, 5.74) is 0.676. The third-order valence-corrected chi connectivity index (χ3v) is 1.57. The van der Waals surface area contributed by atoms with Crippen LogP contribution in [0.2, 0.25) is 0 Å². The van der Waals surface area contributed by atoms with Gasteiger partial charge in [-0.15, -0.1) is 0 Å². The number of ketones is 1. The van der Waals surface area contributed by atoms with E-state index in [2.05, 4.69) is 10.5 Å². The summed E-state index contributed by atoms with van der Waals surface area (Å²) in [6.45, 7) is 2.81. The molecular weight excluding hydrogens is 208 g/mol. The molecule has 1 aromatic rings. The first-order valence-corrected chi connectivity index (χ1v) is 4.66. The van der Waals surface area contributed by atoms with Gasteiger partial charge < -0.3 is 10.2 Å². The molecule has 5 heteroatoms. The minimum absolute atomic E-state index is 0.136. The Bertz CT molecular complexity index is 410. The van der Waals surface area contributed by atoms with E-state index in [1.165, 1.54) is 13.8 Å². The molecule has 0 aliphatic carbocycles. The number of oxime groups is 1. The summed E-state index contributed by atoms with van der Waals surface area (Å²) in [6.07, 6.45) is 1.09. The van der Waals surface area contributed by atoms with Crippen LogP contribution in [0.15, 0.2) is 29.4 Å². The van der Waals surface area contributed by atoms with Crippen molar-refractivity contribution in [1.29, 1.82) is 0 Å². The smallest absolute Gasteiger partial charge is 0.221 e. The van der Waals surface area contributed by atoms with Crippen LogP contribution in [0.1, 0.15) is 13.8 Å². The van der Waals surface area contributed by atoms with Crippen LogP contribution in [0, 0.1) is 0 Å². The van der Waals surface area contributed by atoms with Gasteiger partial charge in [0, 0.05) is 19.5 Å². The van der Waals surface area contributed by atoms with Crippen molar-refractivity contribution in [3.8, 4) is 5.75 Å². The third-order valence-electron chi connectivity index (χ3n) is 1.57. The van der Waals surface area contributed by atoms with E-state index in [4.69, 9.17) is 4.84 Å². The Morgan fingerprint density at radius 1 is 1.25 bits per heavy atom. The molecule has 0 aliphatic heterocycles. The Labute approximate surface area is 93.1 Å². The normalized spacial score (nSPS) is 10.1. The number of hydrogen-bond acceptors (Lipinski definition) is 4. The van der Waals surface area contributed by atoms with E-state index in [0.29, 0.717) is 11.4 Å². The van der Waals surface area contributed by atoms with Crippen molar-refractivity contribution >= 4 is 23.6 Å². The monoisotopic (exact) mass is 220 g/mol. The number of nitrogens with zero attached hydrogens (tertiary/aromatic N) is 1. The average Bonchev–Trinajstić information content (AvgIpc) is 2.19. The molecule has 16 heavy (non-hydrogen) atoms. The summed E-state index contributed by atoms with van der Waals surface area (Å²) < 4.78 is 0. The first kappa shape index (κ1) is 11.9. The molecule has 0 saturated carbocycles. The fraction of sp³-hybridized carbons (Fsp3) is 0.182. The van der Waals surface area contributed by atoms with Crippen molar-refractivity contribution in [2.24, 2.45) is 5.16 Å². The highest BCUT2D eigenvalue weighted by molar-refractivity contribution is 6.26. The van der Waals surface area contributed by atoms with Gasteiger partial charge in [0.1, 0.15) is 6.21 Å².